The summed E-state index contributed by atoms with van der Waals surface area (Å²) in [5, 5.41) is 18.4. The average Bonchev–Trinajstić information content (AvgIpc) is 0.787. The molecule has 6 fully saturated rings. The van der Waals surface area contributed by atoms with Gasteiger partial charge in [0.25, 0.3) is 0 Å². The summed E-state index contributed by atoms with van der Waals surface area (Å²) in [6.45, 7) is 39.7. The number of ether oxygens (including phenoxy) is 1. The van der Waals surface area contributed by atoms with E-state index < -0.39 is 0 Å². The van der Waals surface area contributed by atoms with Crippen LogP contribution in [0.1, 0.15) is 190 Å². The van der Waals surface area contributed by atoms with Gasteiger partial charge < -0.3 is 41.1 Å². The fourth-order valence-electron chi connectivity index (χ4n) is 19.8. The Hall–Kier alpha value is -8.98. The number of hydrogen-bond acceptors (Lipinski definition) is 13. The van der Waals surface area contributed by atoms with E-state index in [1.807, 2.05) is 36.4 Å². The van der Waals surface area contributed by atoms with Crippen LogP contribution in [0.3, 0.4) is 0 Å². The van der Waals surface area contributed by atoms with Crippen molar-refractivity contribution >= 4 is 46.3 Å². The van der Waals surface area contributed by atoms with Gasteiger partial charge in [-0.3, -0.25) is 29.4 Å². The number of amides is 2. The lowest BCUT2D eigenvalue weighted by molar-refractivity contribution is 0.0559. The van der Waals surface area contributed by atoms with Gasteiger partial charge in [0.15, 0.2) is 0 Å². The van der Waals surface area contributed by atoms with Crippen LogP contribution in [-0.2, 0) is 30.1 Å². The molecule has 0 radical (unpaired) electrons. The molecule has 18 heteroatoms. The monoisotopic (exact) mass is 1820 g/mol. The predicted octanol–water partition coefficient (Wildman–Crippen LogP) is 22.9. The van der Waals surface area contributed by atoms with E-state index in [1.165, 1.54) is 183 Å². The van der Waals surface area contributed by atoms with Crippen LogP contribution in [0, 0.1) is 12.7 Å². The van der Waals surface area contributed by atoms with Gasteiger partial charge in [-0.15, -0.1) is 0 Å². The highest BCUT2D eigenvalue weighted by molar-refractivity contribution is 6.34. The fourth-order valence-corrected chi connectivity index (χ4v) is 20.4. The first-order valence-electron chi connectivity index (χ1n) is 49.1. The summed E-state index contributed by atoms with van der Waals surface area (Å²) in [6.07, 6.45) is 17.2. The Morgan fingerprint density at radius 3 is 1.12 bits per heavy atom. The lowest BCUT2D eigenvalue weighted by atomic mass is 9.86. The Morgan fingerprint density at radius 1 is 0.389 bits per heavy atom. The number of aryl methyl sites for hydroxylation is 1. The van der Waals surface area contributed by atoms with E-state index in [1.54, 1.807) is 25.3 Å². The minimum Gasteiger partial charge on any atom is -0.497 e. The summed E-state index contributed by atoms with van der Waals surface area (Å²) >= 11 is 12.4. The molecule has 5 N–H and O–H groups in total. The highest BCUT2D eigenvalue weighted by Crippen LogP contribution is 2.35. The van der Waals surface area contributed by atoms with Crippen molar-refractivity contribution in [2.75, 3.05) is 173 Å². The highest BCUT2D eigenvalue weighted by Gasteiger charge is 2.34. The van der Waals surface area contributed by atoms with Crippen LogP contribution in [0.25, 0.3) is 0 Å². The van der Waals surface area contributed by atoms with Crippen LogP contribution in [0.4, 0.5) is 26.2 Å². The molecule has 4 unspecified atom stereocenters. The number of para-hydroxylation sites is 2. The molecule has 4 heterocycles. The van der Waals surface area contributed by atoms with Crippen molar-refractivity contribution in [3.63, 3.8) is 0 Å². The zero-order valence-electron chi connectivity index (χ0n) is 79.8. The number of urea groups is 1. The second kappa shape index (κ2) is 51.5. The second-order valence-corrected chi connectivity index (χ2v) is 39.8. The van der Waals surface area contributed by atoms with Crippen molar-refractivity contribution in [3.05, 3.63) is 332 Å². The first-order valence-corrected chi connectivity index (χ1v) is 49.9. The van der Waals surface area contributed by atoms with Gasteiger partial charge in [0.05, 0.1) is 13.2 Å². The van der Waals surface area contributed by atoms with Crippen LogP contribution in [0.2, 0.25) is 10.0 Å². The van der Waals surface area contributed by atoms with Crippen molar-refractivity contribution in [1.82, 2.24) is 50.7 Å². The van der Waals surface area contributed by atoms with Gasteiger partial charge in [-0.25, -0.2) is 9.18 Å². The molecule has 4 saturated heterocycles. The third kappa shape index (κ3) is 31.6. The molecule has 131 heavy (non-hydrogen) atoms. The number of carbonyl (C=O) groups is 1. The van der Waals surface area contributed by atoms with E-state index in [-0.39, 0.29) is 33.0 Å². The number of hydrogen-bond donors (Lipinski definition) is 5. The normalized spacial score (nSPS) is 17.7. The van der Waals surface area contributed by atoms with E-state index >= 15 is 0 Å². The first-order chi connectivity index (χ1) is 63.7. The van der Waals surface area contributed by atoms with Crippen molar-refractivity contribution in [3.8, 4) is 5.75 Å². The van der Waals surface area contributed by atoms with Gasteiger partial charge >= 0.3 is 6.03 Å². The van der Waals surface area contributed by atoms with Gasteiger partial charge in [0.1, 0.15) is 11.6 Å². The first kappa shape index (κ1) is 99.5. The molecule has 2 amide bonds. The third-order valence-corrected chi connectivity index (χ3v) is 28.2. The number of halogens is 3. The van der Waals surface area contributed by atoms with Gasteiger partial charge in [-0.2, -0.15) is 0 Å². The zero-order valence-corrected chi connectivity index (χ0v) is 81.3. The second-order valence-electron chi connectivity index (χ2n) is 38.9. The summed E-state index contributed by atoms with van der Waals surface area (Å²) in [4.78, 5) is 33.3. The number of carbonyl (C=O) groups excluding carboxylic acids is 1. The fraction of sp³-hybridized carbons (Fsp3) is 0.460. The summed E-state index contributed by atoms with van der Waals surface area (Å²) in [7, 11) is 1.72. The summed E-state index contributed by atoms with van der Waals surface area (Å²) in [6, 6.07) is 92.9. The molecule has 10 aromatic rings. The van der Waals surface area contributed by atoms with Crippen LogP contribution in [0.15, 0.2) is 261 Å². The summed E-state index contributed by atoms with van der Waals surface area (Å²) < 4.78 is 18.4. The molecule has 4 atom stereocenters. The maximum atomic E-state index is 13.1. The third-order valence-electron chi connectivity index (χ3n) is 27.8. The minimum atomic E-state index is -0.329. The van der Waals surface area contributed by atoms with E-state index in [4.69, 9.17) is 27.9 Å². The lowest BCUT2D eigenvalue weighted by Crippen LogP contribution is -2.52. The summed E-state index contributed by atoms with van der Waals surface area (Å²) in [5.74, 6) is 0.582. The Labute approximate surface area is 800 Å². The number of nitrogens with one attached hydrogen (secondary N) is 5. The average molecular weight is 1820 g/mol. The maximum absolute atomic E-state index is 13.1. The van der Waals surface area contributed by atoms with Crippen LogP contribution < -0.4 is 41.1 Å². The minimum absolute atomic E-state index is 0. The molecule has 0 spiro atoms. The molecule has 10 aromatic carbocycles. The molecule has 2 aliphatic carbocycles. The molecule has 6 aliphatic rings. The van der Waals surface area contributed by atoms with Gasteiger partial charge in [0.2, 0.25) is 0 Å². The molecule has 4 aliphatic heterocycles. The van der Waals surface area contributed by atoms with Crippen molar-refractivity contribution < 1.29 is 18.2 Å². The van der Waals surface area contributed by atoms with E-state index in [0.717, 1.165) is 142 Å². The summed E-state index contributed by atoms with van der Waals surface area (Å²) in [5.41, 5.74) is 17.0. The van der Waals surface area contributed by atoms with E-state index in [2.05, 4.69) is 308 Å². The van der Waals surface area contributed by atoms with Crippen molar-refractivity contribution in [2.45, 2.75) is 179 Å². The zero-order chi connectivity index (χ0) is 91.6. The predicted molar refractivity (Wildman–Crippen MR) is 555 cm³/mol. The molecule has 0 aromatic heterocycles. The molecule has 0 bridgehead atoms. The van der Waals surface area contributed by atoms with E-state index in [9.17, 15) is 9.18 Å². The van der Waals surface area contributed by atoms with Crippen molar-refractivity contribution in [1.29, 1.82) is 0 Å². The largest absolute Gasteiger partial charge is 0.497 e. The van der Waals surface area contributed by atoms with Crippen LogP contribution in [-0.4, -0.2) is 205 Å². The molecular weight excluding hydrogens is 1660 g/mol. The van der Waals surface area contributed by atoms with E-state index in [0.29, 0.717) is 40.4 Å². The van der Waals surface area contributed by atoms with Crippen LogP contribution in [0.5, 0.6) is 5.75 Å². The molecule has 16 rings (SSSR count). The quantitative estimate of drug-likeness (QED) is 0.0266. The van der Waals surface area contributed by atoms with Crippen molar-refractivity contribution in [2.24, 2.45) is 0 Å². The Kier molecular flexibility index (Phi) is 39.1. The molecular formula is C113H156Cl2FN13O2. The maximum Gasteiger partial charge on any atom is 0.319 e. The van der Waals surface area contributed by atoms with Gasteiger partial charge in [0, 0.05) is 192 Å². The number of benzene rings is 10. The van der Waals surface area contributed by atoms with Gasteiger partial charge in [-0.1, -0.05) is 291 Å². The number of rotatable bonds is 31. The number of nitrogens with zero attached hydrogens (tertiary/aromatic N) is 8. The molecule has 2 saturated carbocycles. The van der Waals surface area contributed by atoms with Crippen LogP contribution >= 0.6 is 23.2 Å². The standard InChI is InChI=1S/C30H43Cl2N3.C30H45N3.C28H35N3O.C25H27FN4O.3H2/c1-30(2,3)25-11-9-24(10-12-25)29(22-33-14-13-23-19-26(31)21-27(32)20-23)35-17-15-34(16-18-35)28-7-5-4-6-8-28;1-30(2,3)27-16-14-26(15-17-27)29(24-31-19-18-25-10-6-4-7-11-25)33-22-20-32(21-23-33)28-12-8-5-9-13-28;1-23-8-10-24(11-9-23)16-17-29-22-28(25-12-14-27(32-2)15-13-25)31-20-18-30(19-21-31)26-6-4-3-5-7-26;26-21-11-13-22(14-12-21)28-25(31)27-19-24(20-7-3-1-4-8-20)30-17-15-29(16-18-30)23-9-5-2-6-10-23;;;/h9-12,19-21,28-29,33H,4-8,13-18,22H2,1-3H3;4,6-7,10-11,14-17,28-29,31H,5,8-9,12-13,18-24H2,1-3H3;3-15,28-29H,16-22H2,1-2H3;1-14,24H,15-19H2,(H2,27,28,31);3*1H. The lowest BCUT2D eigenvalue weighted by Gasteiger charge is -2.43. The Morgan fingerprint density at radius 2 is 0.733 bits per heavy atom. The van der Waals surface area contributed by atoms with Gasteiger partial charge in [-0.05, 0) is 211 Å². The number of methoxy groups -OCH3 is 1. The smallest absolute Gasteiger partial charge is 0.319 e. The SMILES string of the molecule is CC(C)(C)c1ccc(C(CNCCc2cc(Cl)cc(Cl)c2)N2CCN(C3CCCCC3)CC2)cc1.CC(C)(C)c1ccc(C(CNCCc2ccccc2)N2CCN(C3CCCCC3)CC2)cc1.COc1ccc(C(CNCCc2ccc(C)cc2)N2CCN(c3ccccc3)CC2)cc1.O=C(NCC(c1ccccc1)N1CCN(c2ccccc2)CC1)Nc1ccc(F)cc1.[HH].[HH].[HH]. The Bertz CT molecular complexity index is 4870. The number of piperazine rings is 4. The molecule has 15 nitrogen and oxygen atoms in total. The molecule has 706 valence electrons. The Balaban J connectivity index is 0.000000184. The topological polar surface area (TPSA) is 112 Å². The highest BCUT2D eigenvalue weighted by atomic mass is 35.5. The number of anilines is 3.